The largest absolute Gasteiger partial charge is 0.525 e. The van der Waals surface area contributed by atoms with Gasteiger partial charge in [0, 0.05) is 5.92 Å². The van der Waals surface area contributed by atoms with Crippen molar-refractivity contribution in [3.8, 4) is 0 Å². The van der Waals surface area contributed by atoms with Crippen LogP contribution in [-0.2, 0) is 9.31 Å². The molecule has 0 atom stereocenters. The topological polar surface area (TPSA) is 57.4 Å². The predicted octanol–water partition coefficient (Wildman–Crippen LogP) is 3.11. The normalized spacial score (nSPS) is 26.9. The van der Waals surface area contributed by atoms with Gasteiger partial charge in [0.1, 0.15) is 5.73 Å². The Hall–Kier alpha value is -1.21. The fourth-order valence-electron chi connectivity index (χ4n) is 2.50. The lowest BCUT2D eigenvalue weighted by molar-refractivity contribution is 0.00578. The van der Waals surface area contributed by atoms with E-state index in [2.05, 4.69) is 10.1 Å². The molecular formula is C14H20BFN2O3. The average molecular weight is 294 g/mol. The number of hydrogen-bond acceptors (Lipinski definition) is 5. The molecule has 0 unspecified atom stereocenters. The summed E-state index contributed by atoms with van der Waals surface area (Å²) in [4.78, 5) is 4.18. The minimum Gasteiger partial charge on any atom is -0.398 e. The quantitative estimate of drug-likeness (QED) is 0.784. The highest BCUT2D eigenvalue weighted by molar-refractivity contribution is 6.53. The highest BCUT2D eigenvalue weighted by Crippen LogP contribution is 2.45. The summed E-state index contributed by atoms with van der Waals surface area (Å²) in [6, 6.07) is 0. The van der Waals surface area contributed by atoms with Crippen molar-refractivity contribution in [2.75, 3.05) is 0 Å². The molecule has 21 heavy (non-hydrogen) atoms. The standard InChI is InChI=1S/C14H20BFN2O3/c1-8-17-12(19-18-8)10-6-9(7-10)11(16)15-20-13(2,3)14(4,5)21-15/h10H,6-7H2,1-5H3. The van der Waals surface area contributed by atoms with E-state index < -0.39 is 18.3 Å². The third-order valence-electron chi connectivity index (χ3n) is 4.68. The number of halogens is 1. The highest BCUT2D eigenvalue weighted by Gasteiger charge is 2.54. The highest BCUT2D eigenvalue weighted by atomic mass is 19.1. The van der Waals surface area contributed by atoms with Gasteiger partial charge in [-0.25, -0.2) is 4.39 Å². The zero-order valence-corrected chi connectivity index (χ0v) is 13.1. The number of nitrogens with zero attached hydrogens (tertiary/aromatic N) is 2. The fourth-order valence-corrected chi connectivity index (χ4v) is 2.50. The minimum atomic E-state index is -0.907. The van der Waals surface area contributed by atoms with E-state index in [0.29, 0.717) is 30.1 Å². The smallest absolute Gasteiger partial charge is 0.398 e. The minimum absolute atomic E-state index is 0.106. The first kappa shape index (κ1) is 14.7. The first-order chi connectivity index (χ1) is 9.69. The zero-order chi connectivity index (χ0) is 15.4. The number of hydrogen-bond donors (Lipinski definition) is 0. The van der Waals surface area contributed by atoms with E-state index in [4.69, 9.17) is 13.8 Å². The molecule has 0 spiro atoms. The zero-order valence-electron chi connectivity index (χ0n) is 13.1. The van der Waals surface area contributed by atoms with Crippen LogP contribution in [0.5, 0.6) is 0 Å². The van der Waals surface area contributed by atoms with E-state index in [9.17, 15) is 4.39 Å². The van der Waals surface area contributed by atoms with E-state index in [1.807, 2.05) is 27.7 Å². The van der Waals surface area contributed by atoms with Gasteiger partial charge in [-0.3, -0.25) is 0 Å². The third kappa shape index (κ3) is 2.42. The van der Waals surface area contributed by atoms with Crippen molar-refractivity contribution < 1.29 is 18.2 Å². The van der Waals surface area contributed by atoms with E-state index in [1.54, 1.807) is 6.92 Å². The van der Waals surface area contributed by atoms with Gasteiger partial charge >= 0.3 is 7.12 Å². The second kappa shape index (κ2) is 4.65. The maximum atomic E-state index is 14.5. The van der Waals surface area contributed by atoms with Gasteiger partial charge in [0.05, 0.1) is 11.2 Å². The number of aryl methyl sites for hydroxylation is 1. The molecule has 1 aliphatic carbocycles. The van der Waals surface area contributed by atoms with Crippen LogP contribution in [0.15, 0.2) is 15.8 Å². The summed E-state index contributed by atoms with van der Waals surface area (Å²) in [5, 5.41) is 3.76. The summed E-state index contributed by atoms with van der Waals surface area (Å²) in [6.45, 7) is 9.42. The Labute approximate surface area is 124 Å². The molecule has 0 bridgehead atoms. The van der Waals surface area contributed by atoms with E-state index in [1.165, 1.54) is 0 Å². The van der Waals surface area contributed by atoms with Gasteiger partial charge in [0.15, 0.2) is 5.82 Å². The fraction of sp³-hybridized carbons (Fsp3) is 0.714. The molecule has 1 aliphatic heterocycles. The molecule has 1 aromatic heterocycles. The molecule has 2 heterocycles. The first-order valence-electron chi connectivity index (χ1n) is 7.23. The van der Waals surface area contributed by atoms with Crippen molar-refractivity contribution in [1.29, 1.82) is 0 Å². The van der Waals surface area contributed by atoms with Crippen LogP contribution in [-0.4, -0.2) is 28.5 Å². The van der Waals surface area contributed by atoms with Gasteiger partial charge in [-0.05, 0) is 53.0 Å². The van der Waals surface area contributed by atoms with E-state index >= 15 is 0 Å². The molecule has 2 aliphatic rings. The van der Waals surface area contributed by atoms with Crippen molar-refractivity contribution in [2.45, 2.75) is 64.6 Å². The van der Waals surface area contributed by atoms with Gasteiger partial charge in [-0.2, -0.15) is 4.98 Å². The molecule has 0 N–H and O–H groups in total. The van der Waals surface area contributed by atoms with E-state index in [0.717, 1.165) is 0 Å². The lowest BCUT2D eigenvalue weighted by Crippen LogP contribution is -2.41. The number of allylic oxidation sites excluding steroid dienone is 1. The van der Waals surface area contributed by atoms with Crippen molar-refractivity contribution in [3.63, 3.8) is 0 Å². The van der Waals surface area contributed by atoms with Crippen LogP contribution in [0.3, 0.4) is 0 Å². The molecule has 0 amide bonds. The van der Waals surface area contributed by atoms with Crippen LogP contribution < -0.4 is 0 Å². The van der Waals surface area contributed by atoms with Gasteiger partial charge in [0.2, 0.25) is 5.89 Å². The van der Waals surface area contributed by atoms with E-state index in [-0.39, 0.29) is 11.6 Å². The second-order valence-electron chi connectivity index (χ2n) is 6.82. The third-order valence-corrected chi connectivity index (χ3v) is 4.68. The van der Waals surface area contributed by atoms with Crippen LogP contribution >= 0.6 is 0 Å². The van der Waals surface area contributed by atoms with Crippen molar-refractivity contribution in [2.24, 2.45) is 0 Å². The molecule has 1 aromatic rings. The lowest BCUT2D eigenvalue weighted by atomic mass is 9.72. The molecule has 0 radical (unpaired) electrons. The van der Waals surface area contributed by atoms with Crippen LogP contribution in [0.1, 0.15) is 58.2 Å². The lowest BCUT2D eigenvalue weighted by Gasteiger charge is -2.32. The SMILES string of the molecule is Cc1noc(C2CC(=C(F)B3OC(C)(C)C(C)(C)O3)C2)n1. The molecule has 3 rings (SSSR count). The molecule has 114 valence electrons. The molecular weight excluding hydrogens is 274 g/mol. The Bertz CT molecular complexity index is 573. The predicted molar refractivity (Wildman–Crippen MR) is 75.2 cm³/mol. The summed E-state index contributed by atoms with van der Waals surface area (Å²) < 4.78 is 31.1. The van der Waals surface area contributed by atoms with Crippen LogP contribution in [0.2, 0.25) is 0 Å². The molecule has 2 fully saturated rings. The Morgan fingerprint density at radius 2 is 1.76 bits per heavy atom. The summed E-state index contributed by atoms with van der Waals surface area (Å²) >= 11 is 0. The van der Waals surface area contributed by atoms with Gasteiger partial charge in [-0.1, -0.05) is 5.16 Å². The molecule has 1 saturated carbocycles. The Morgan fingerprint density at radius 3 is 2.24 bits per heavy atom. The maximum Gasteiger partial charge on any atom is 0.525 e. The molecule has 7 heteroatoms. The summed E-state index contributed by atoms with van der Waals surface area (Å²) in [6.07, 6.45) is 1.16. The van der Waals surface area contributed by atoms with Crippen molar-refractivity contribution in [1.82, 2.24) is 10.1 Å². The monoisotopic (exact) mass is 294 g/mol. The first-order valence-corrected chi connectivity index (χ1v) is 7.23. The van der Waals surface area contributed by atoms with Crippen LogP contribution in [0.4, 0.5) is 4.39 Å². The average Bonchev–Trinajstić information content (AvgIpc) is 2.79. The van der Waals surface area contributed by atoms with Crippen LogP contribution in [0.25, 0.3) is 0 Å². The van der Waals surface area contributed by atoms with Gasteiger partial charge < -0.3 is 13.8 Å². The van der Waals surface area contributed by atoms with Crippen molar-refractivity contribution >= 4 is 7.12 Å². The Kier molecular flexibility index (Phi) is 3.26. The number of aromatic nitrogens is 2. The maximum absolute atomic E-state index is 14.5. The molecule has 1 saturated heterocycles. The van der Waals surface area contributed by atoms with Crippen molar-refractivity contribution in [3.05, 3.63) is 23.0 Å². The molecule has 5 nitrogen and oxygen atoms in total. The second-order valence-corrected chi connectivity index (χ2v) is 6.82. The number of rotatable bonds is 2. The Morgan fingerprint density at radius 1 is 1.19 bits per heavy atom. The van der Waals surface area contributed by atoms with Gasteiger partial charge in [0.25, 0.3) is 0 Å². The summed E-state index contributed by atoms with van der Waals surface area (Å²) in [5.74, 6) is 1.29. The molecule has 0 aromatic carbocycles. The van der Waals surface area contributed by atoms with Crippen LogP contribution in [0, 0.1) is 6.92 Å². The Balaban J connectivity index is 1.69. The summed E-state index contributed by atoms with van der Waals surface area (Å²) in [7, 11) is -0.907. The summed E-state index contributed by atoms with van der Waals surface area (Å²) in [5.41, 5.74) is -0.638. The van der Waals surface area contributed by atoms with Gasteiger partial charge in [-0.15, -0.1) is 0 Å².